The van der Waals surface area contributed by atoms with Gasteiger partial charge in [-0.15, -0.1) is 0 Å². The van der Waals surface area contributed by atoms with Crippen molar-refractivity contribution >= 4 is 11.8 Å². The molecule has 8 atom stereocenters. The molecule has 0 heterocycles. The van der Waals surface area contributed by atoms with Crippen LogP contribution >= 0.6 is 0 Å². The minimum Gasteiger partial charge on any atom is -0.449 e. The van der Waals surface area contributed by atoms with E-state index in [9.17, 15) is 9.90 Å². The summed E-state index contributed by atoms with van der Waals surface area (Å²) in [6, 6.07) is 0. The predicted molar refractivity (Wildman–Crippen MR) is 142 cm³/mol. The van der Waals surface area contributed by atoms with E-state index in [1.54, 1.807) is 0 Å². The summed E-state index contributed by atoms with van der Waals surface area (Å²) in [5, 5.41) is 15.2. The maximum atomic E-state index is 12.1. The molecule has 4 aliphatic rings. The highest BCUT2D eigenvalue weighted by Gasteiger charge is 2.60. The van der Waals surface area contributed by atoms with Gasteiger partial charge in [0.15, 0.2) is 0 Å². The van der Waals surface area contributed by atoms with Gasteiger partial charge in [0.2, 0.25) is 0 Å². The van der Waals surface area contributed by atoms with Crippen LogP contribution in [-0.4, -0.2) is 29.6 Å². The molecule has 1 amide bonds. The average Bonchev–Trinajstić information content (AvgIpc) is 3.15. The lowest BCUT2D eigenvalue weighted by molar-refractivity contribution is -0.0302. The third kappa shape index (κ3) is 5.08. The minimum atomic E-state index is -0.478. The normalized spacial score (nSPS) is 40.5. The van der Waals surface area contributed by atoms with Crippen LogP contribution in [0.3, 0.4) is 0 Å². The number of hydrazone groups is 1. The van der Waals surface area contributed by atoms with Gasteiger partial charge in [0.25, 0.3) is 0 Å². The summed E-state index contributed by atoms with van der Waals surface area (Å²) < 4.78 is 5.10. The van der Waals surface area contributed by atoms with Gasteiger partial charge < -0.3 is 9.84 Å². The standard InChI is InChI=1S/C30H50N2O3/c1-7-35-28(34)32-31-26-18-21-17-22(33)13-15-29(21,5)25-14-16-30(6)23(11-12-24(30)27(25)26)20(4)10-8-9-19(2)3/h18-20,22-25,27,33H,7-17H2,1-6H3,(H,32,34)/b31-26-/t20-,22+,23-,24+,25?,27?,29+,30-/m1/s1. The zero-order chi connectivity index (χ0) is 25.4. The van der Waals surface area contributed by atoms with Crippen molar-refractivity contribution in [2.75, 3.05) is 6.61 Å². The molecule has 0 bridgehead atoms. The van der Waals surface area contributed by atoms with E-state index in [1.807, 2.05) is 6.92 Å². The molecule has 4 aliphatic carbocycles. The summed E-state index contributed by atoms with van der Waals surface area (Å²) in [7, 11) is 0. The lowest BCUT2D eigenvalue weighted by Crippen LogP contribution is -2.54. The lowest BCUT2D eigenvalue weighted by Gasteiger charge is -2.58. The number of fused-ring (bicyclic) bond motifs is 5. The summed E-state index contributed by atoms with van der Waals surface area (Å²) in [4.78, 5) is 12.1. The second kappa shape index (κ2) is 10.6. The van der Waals surface area contributed by atoms with Crippen molar-refractivity contribution in [3.05, 3.63) is 11.6 Å². The van der Waals surface area contributed by atoms with Crippen LogP contribution in [0.25, 0.3) is 0 Å². The van der Waals surface area contributed by atoms with Crippen molar-refractivity contribution in [2.24, 2.45) is 51.4 Å². The van der Waals surface area contributed by atoms with Crippen molar-refractivity contribution < 1.29 is 14.6 Å². The topological polar surface area (TPSA) is 70.9 Å². The van der Waals surface area contributed by atoms with E-state index >= 15 is 0 Å². The van der Waals surface area contributed by atoms with Gasteiger partial charge in [0.1, 0.15) is 0 Å². The quantitative estimate of drug-likeness (QED) is 0.377. The Balaban J connectivity index is 1.63. The van der Waals surface area contributed by atoms with Crippen LogP contribution in [0, 0.1) is 46.3 Å². The Morgan fingerprint density at radius 3 is 2.63 bits per heavy atom. The molecule has 3 fully saturated rings. The first kappa shape index (κ1) is 26.7. The molecule has 0 aliphatic heterocycles. The maximum Gasteiger partial charge on any atom is 0.427 e. The molecule has 4 rings (SSSR count). The molecule has 0 radical (unpaired) electrons. The number of carbonyl (C=O) groups is 1. The highest BCUT2D eigenvalue weighted by atomic mass is 16.5. The summed E-state index contributed by atoms with van der Waals surface area (Å²) in [6.45, 7) is 14.3. The van der Waals surface area contributed by atoms with Gasteiger partial charge in [0, 0.05) is 5.92 Å². The van der Waals surface area contributed by atoms with Crippen molar-refractivity contribution in [1.29, 1.82) is 0 Å². The fourth-order valence-corrected chi connectivity index (χ4v) is 8.81. The molecule has 0 aromatic heterocycles. The monoisotopic (exact) mass is 486 g/mol. The number of nitrogens with one attached hydrogen (secondary N) is 1. The predicted octanol–water partition coefficient (Wildman–Crippen LogP) is 7.10. The van der Waals surface area contributed by atoms with Crippen LogP contribution in [0.5, 0.6) is 0 Å². The molecule has 3 saturated carbocycles. The molecule has 5 nitrogen and oxygen atoms in total. The second-order valence-corrected chi connectivity index (χ2v) is 13.1. The number of aliphatic hydroxyl groups excluding tert-OH is 1. The van der Waals surface area contributed by atoms with Crippen LogP contribution < -0.4 is 5.43 Å². The van der Waals surface area contributed by atoms with Crippen LogP contribution in [0.4, 0.5) is 4.79 Å². The first-order valence-electron chi connectivity index (χ1n) is 14.5. The largest absolute Gasteiger partial charge is 0.449 e. The van der Waals surface area contributed by atoms with Crippen molar-refractivity contribution in [2.45, 2.75) is 112 Å². The van der Waals surface area contributed by atoms with Gasteiger partial charge >= 0.3 is 6.09 Å². The number of hydrogen-bond donors (Lipinski definition) is 2. The number of allylic oxidation sites excluding steroid dienone is 1. The Bertz CT molecular complexity index is 835. The Hall–Kier alpha value is -1.36. The number of rotatable bonds is 7. The highest BCUT2D eigenvalue weighted by Crippen LogP contribution is 2.66. The van der Waals surface area contributed by atoms with Gasteiger partial charge in [-0.2, -0.15) is 5.10 Å². The van der Waals surface area contributed by atoms with E-state index in [-0.39, 0.29) is 11.5 Å². The first-order valence-corrected chi connectivity index (χ1v) is 14.5. The van der Waals surface area contributed by atoms with E-state index in [2.05, 4.69) is 46.1 Å². The Morgan fingerprint density at radius 2 is 1.91 bits per heavy atom. The van der Waals surface area contributed by atoms with E-state index in [4.69, 9.17) is 9.84 Å². The minimum absolute atomic E-state index is 0.134. The number of aliphatic hydroxyl groups is 1. The smallest absolute Gasteiger partial charge is 0.427 e. The van der Waals surface area contributed by atoms with Gasteiger partial charge in [-0.1, -0.05) is 59.5 Å². The van der Waals surface area contributed by atoms with Crippen LogP contribution in [0.1, 0.15) is 106 Å². The van der Waals surface area contributed by atoms with E-state index < -0.39 is 6.09 Å². The zero-order valence-corrected chi connectivity index (χ0v) is 23.1. The number of hydrogen-bond acceptors (Lipinski definition) is 4. The molecule has 2 unspecified atom stereocenters. The average molecular weight is 487 g/mol. The molecule has 0 spiro atoms. The van der Waals surface area contributed by atoms with Gasteiger partial charge in [-0.3, -0.25) is 0 Å². The Morgan fingerprint density at radius 1 is 1.14 bits per heavy atom. The molecular weight excluding hydrogens is 436 g/mol. The van der Waals surface area contributed by atoms with Crippen molar-refractivity contribution in [3.8, 4) is 0 Å². The third-order valence-electron chi connectivity index (χ3n) is 10.7. The molecule has 0 aromatic carbocycles. The second-order valence-electron chi connectivity index (χ2n) is 13.1. The van der Waals surface area contributed by atoms with Crippen LogP contribution in [-0.2, 0) is 4.74 Å². The summed E-state index contributed by atoms with van der Waals surface area (Å²) in [5.41, 5.74) is 5.51. The molecular formula is C30H50N2O3. The molecule has 5 heteroatoms. The third-order valence-corrected chi connectivity index (χ3v) is 10.7. The molecule has 35 heavy (non-hydrogen) atoms. The molecule has 198 valence electrons. The van der Waals surface area contributed by atoms with Crippen molar-refractivity contribution in [3.63, 3.8) is 0 Å². The molecule has 0 aromatic rings. The van der Waals surface area contributed by atoms with Gasteiger partial charge in [-0.05, 0) is 98.4 Å². The fraction of sp³-hybridized carbons (Fsp3) is 0.867. The Labute approximate surface area is 213 Å². The number of nitrogens with zero attached hydrogens (tertiary/aromatic N) is 1. The van der Waals surface area contributed by atoms with E-state index in [0.717, 1.165) is 42.7 Å². The van der Waals surface area contributed by atoms with Crippen LogP contribution in [0.2, 0.25) is 0 Å². The van der Waals surface area contributed by atoms with E-state index in [1.165, 1.54) is 50.5 Å². The molecule has 2 N–H and O–H groups in total. The maximum absolute atomic E-state index is 12.1. The van der Waals surface area contributed by atoms with Gasteiger partial charge in [0.05, 0.1) is 18.4 Å². The SMILES string of the molecule is CCOC(=O)N/N=C1/C=C2C[C@@H](O)CC[C@]2(C)C2CC[C@]3(C)[C@@H]([C@H](C)CCCC(C)C)CC[C@H]3C12. The van der Waals surface area contributed by atoms with Gasteiger partial charge in [-0.25, -0.2) is 10.2 Å². The summed E-state index contributed by atoms with van der Waals surface area (Å²) in [6.07, 6.45) is 13.3. The number of carbonyl (C=O) groups excluding carboxylic acids is 1. The zero-order valence-electron chi connectivity index (χ0n) is 23.1. The number of amides is 1. The van der Waals surface area contributed by atoms with Crippen molar-refractivity contribution in [1.82, 2.24) is 5.43 Å². The lowest BCUT2D eigenvalue weighted by atomic mass is 9.46. The summed E-state index contributed by atoms with van der Waals surface area (Å²) in [5.74, 6) is 3.81. The van der Waals surface area contributed by atoms with E-state index in [0.29, 0.717) is 29.8 Å². The van der Waals surface area contributed by atoms with Crippen LogP contribution in [0.15, 0.2) is 16.8 Å². The summed E-state index contributed by atoms with van der Waals surface area (Å²) >= 11 is 0. The molecule has 0 saturated heterocycles. The Kier molecular flexibility index (Phi) is 8.05. The highest BCUT2D eigenvalue weighted by molar-refractivity contribution is 5.99. The fourth-order valence-electron chi connectivity index (χ4n) is 8.81. The number of ether oxygens (including phenoxy) is 1. The first-order chi connectivity index (χ1) is 16.6.